The van der Waals surface area contributed by atoms with Gasteiger partial charge < -0.3 is 13.7 Å². The number of benzene rings is 4. The highest BCUT2D eigenvalue weighted by atomic mass is 19.1. The summed E-state index contributed by atoms with van der Waals surface area (Å²) in [6, 6.07) is 28.2. The van der Waals surface area contributed by atoms with Crippen molar-refractivity contribution in [2.75, 3.05) is 0 Å². The topological polar surface area (TPSA) is 70.3 Å². The fourth-order valence-electron chi connectivity index (χ4n) is 5.05. The molecule has 8 heteroatoms. The molecular weight excluding hydrogens is 516 g/mol. The van der Waals surface area contributed by atoms with Gasteiger partial charge in [0.25, 0.3) is 0 Å². The Balaban J connectivity index is 1.37. The minimum absolute atomic E-state index is 0.217. The molecule has 0 atom stereocenters. The molecule has 6 aromatic rings. The Morgan fingerprint density at radius 3 is 2.00 bits per heavy atom. The monoisotopic (exact) mass is 543 g/mol. The van der Waals surface area contributed by atoms with E-state index in [9.17, 15) is 0 Å². The van der Waals surface area contributed by atoms with Gasteiger partial charge in [-0.3, -0.25) is 0 Å². The van der Waals surface area contributed by atoms with Crippen molar-refractivity contribution in [2.45, 2.75) is 38.9 Å². The normalized spacial score (nSPS) is 16.1. The van der Waals surface area contributed by atoms with E-state index in [2.05, 4.69) is 0 Å². The molecule has 0 unspecified atom stereocenters. The van der Waals surface area contributed by atoms with Crippen molar-refractivity contribution < 1.29 is 18.1 Å². The number of hydrogen-bond donors (Lipinski definition) is 0. The first-order valence-electron chi connectivity index (χ1n) is 13.6. The molecule has 3 heterocycles. The van der Waals surface area contributed by atoms with Gasteiger partial charge in [0.2, 0.25) is 0 Å². The summed E-state index contributed by atoms with van der Waals surface area (Å²) in [4.78, 5) is 14.3. The predicted octanol–water partition coefficient (Wildman–Crippen LogP) is 7.21. The van der Waals surface area contributed by atoms with E-state index in [0.717, 1.165) is 33.1 Å². The van der Waals surface area contributed by atoms with Gasteiger partial charge in [-0.15, -0.1) is 0 Å². The van der Waals surface area contributed by atoms with Crippen LogP contribution in [-0.4, -0.2) is 33.3 Å². The number of rotatable bonds is 4. The smallest absolute Gasteiger partial charge is 0.456 e. The number of fused-ring (bicyclic) bond motifs is 3. The van der Waals surface area contributed by atoms with Crippen LogP contribution in [0.4, 0.5) is 4.39 Å². The molecule has 2 aromatic heterocycles. The molecule has 0 N–H and O–H groups in total. The Kier molecular flexibility index (Phi) is 5.82. The number of hydrogen-bond acceptors (Lipinski definition) is 6. The van der Waals surface area contributed by atoms with E-state index in [1.807, 2.05) is 100 Å². The molecular formula is C33H27BFN3O3. The SMILES string of the molecule is CC1(C)OB(c2ccc(F)c(-c3nc(-c4ccccc4)nc(-c4ccc5c(c4)oc4ccccc45)n3)c2)OC1(C)C. The van der Waals surface area contributed by atoms with E-state index in [1.54, 1.807) is 12.1 Å². The van der Waals surface area contributed by atoms with Crippen molar-refractivity contribution in [3.8, 4) is 34.2 Å². The van der Waals surface area contributed by atoms with Crippen LogP contribution in [0.25, 0.3) is 56.1 Å². The minimum Gasteiger partial charge on any atom is -0.456 e. The third kappa shape index (κ3) is 4.40. The standard InChI is InChI=1S/C33H27BFN3O3/c1-32(2)33(3,4)41-34(40-32)22-15-17-26(35)25(19-22)31-37-29(20-10-6-5-7-11-20)36-30(38-31)21-14-16-24-23-12-8-9-13-27(23)39-28(24)18-21/h5-19H,1-4H3. The highest BCUT2D eigenvalue weighted by Gasteiger charge is 2.51. The van der Waals surface area contributed by atoms with Gasteiger partial charge >= 0.3 is 7.12 Å². The molecule has 0 aliphatic carbocycles. The summed E-state index contributed by atoms with van der Waals surface area (Å²) in [7, 11) is -0.648. The van der Waals surface area contributed by atoms with Crippen LogP contribution in [0.3, 0.4) is 0 Å². The molecule has 0 radical (unpaired) electrons. The zero-order valence-corrected chi connectivity index (χ0v) is 23.2. The quantitative estimate of drug-likeness (QED) is 0.219. The number of aromatic nitrogens is 3. The van der Waals surface area contributed by atoms with E-state index in [-0.39, 0.29) is 11.4 Å². The Morgan fingerprint density at radius 2 is 1.24 bits per heavy atom. The van der Waals surface area contributed by atoms with Crippen LogP contribution in [-0.2, 0) is 9.31 Å². The second-order valence-electron chi connectivity index (χ2n) is 11.3. The summed E-state index contributed by atoms with van der Waals surface area (Å²) in [6.45, 7) is 7.95. The molecule has 4 aromatic carbocycles. The van der Waals surface area contributed by atoms with Gasteiger partial charge in [-0.25, -0.2) is 19.3 Å². The molecule has 1 fully saturated rings. The number of halogens is 1. The summed E-state index contributed by atoms with van der Waals surface area (Å²) in [5, 5.41) is 2.04. The Bertz CT molecular complexity index is 1920. The molecule has 6 nitrogen and oxygen atoms in total. The summed E-state index contributed by atoms with van der Waals surface area (Å²) in [5.74, 6) is 0.621. The van der Waals surface area contributed by atoms with Crippen molar-refractivity contribution in [2.24, 2.45) is 0 Å². The predicted molar refractivity (Wildman–Crippen MR) is 159 cm³/mol. The van der Waals surface area contributed by atoms with E-state index in [0.29, 0.717) is 17.1 Å². The third-order valence-electron chi connectivity index (χ3n) is 8.06. The number of para-hydroxylation sites is 1. The maximum Gasteiger partial charge on any atom is 0.494 e. The van der Waals surface area contributed by atoms with E-state index in [4.69, 9.17) is 28.7 Å². The average molecular weight is 543 g/mol. The fourth-order valence-corrected chi connectivity index (χ4v) is 5.05. The van der Waals surface area contributed by atoms with Gasteiger partial charge in [-0.2, -0.15) is 0 Å². The second kappa shape index (κ2) is 9.33. The zero-order valence-electron chi connectivity index (χ0n) is 23.2. The molecule has 1 aliphatic rings. The van der Waals surface area contributed by atoms with Gasteiger partial charge in [-0.05, 0) is 63.5 Å². The van der Waals surface area contributed by atoms with Crippen molar-refractivity contribution in [3.63, 3.8) is 0 Å². The first-order chi connectivity index (χ1) is 19.7. The molecule has 7 rings (SSSR count). The first kappa shape index (κ1) is 25.6. The molecule has 202 valence electrons. The molecule has 0 amide bonds. The van der Waals surface area contributed by atoms with Crippen LogP contribution in [0.1, 0.15) is 27.7 Å². The number of nitrogens with zero attached hydrogens (tertiary/aromatic N) is 3. The largest absolute Gasteiger partial charge is 0.494 e. The summed E-state index contributed by atoms with van der Waals surface area (Å²) < 4.78 is 34.0. The van der Waals surface area contributed by atoms with Crippen LogP contribution in [0.15, 0.2) is 95.4 Å². The van der Waals surface area contributed by atoms with Gasteiger partial charge in [0.1, 0.15) is 17.0 Å². The summed E-state index contributed by atoms with van der Waals surface area (Å²) in [6.07, 6.45) is 0. The van der Waals surface area contributed by atoms with Crippen molar-refractivity contribution in [1.29, 1.82) is 0 Å². The zero-order chi connectivity index (χ0) is 28.4. The molecule has 1 saturated heterocycles. The van der Waals surface area contributed by atoms with Crippen molar-refractivity contribution >= 4 is 34.5 Å². The molecule has 0 spiro atoms. The molecule has 0 saturated carbocycles. The maximum atomic E-state index is 15.4. The first-order valence-corrected chi connectivity index (χ1v) is 13.6. The van der Waals surface area contributed by atoms with Gasteiger partial charge in [0.15, 0.2) is 17.5 Å². The fraction of sp³-hybridized carbons (Fsp3) is 0.182. The van der Waals surface area contributed by atoms with E-state index >= 15 is 4.39 Å². The lowest BCUT2D eigenvalue weighted by Crippen LogP contribution is -2.41. The van der Waals surface area contributed by atoms with Gasteiger partial charge in [0.05, 0.1) is 16.8 Å². The minimum atomic E-state index is -0.648. The second-order valence-corrected chi connectivity index (χ2v) is 11.3. The van der Waals surface area contributed by atoms with E-state index < -0.39 is 24.1 Å². The molecule has 0 bridgehead atoms. The highest BCUT2D eigenvalue weighted by Crippen LogP contribution is 2.37. The highest BCUT2D eigenvalue weighted by molar-refractivity contribution is 6.62. The van der Waals surface area contributed by atoms with Crippen molar-refractivity contribution in [1.82, 2.24) is 15.0 Å². The van der Waals surface area contributed by atoms with Gasteiger partial charge in [-0.1, -0.05) is 60.7 Å². The van der Waals surface area contributed by atoms with Crippen LogP contribution < -0.4 is 5.46 Å². The third-order valence-corrected chi connectivity index (χ3v) is 8.06. The number of furan rings is 1. The molecule has 41 heavy (non-hydrogen) atoms. The van der Waals surface area contributed by atoms with Crippen molar-refractivity contribution in [3.05, 3.63) is 96.8 Å². The van der Waals surface area contributed by atoms with E-state index in [1.165, 1.54) is 6.07 Å². The van der Waals surface area contributed by atoms with Crippen LogP contribution >= 0.6 is 0 Å². The van der Waals surface area contributed by atoms with Crippen LogP contribution in [0.5, 0.6) is 0 Å². The lowest BCUT2D eigenvalue weighted by molar-refractivity contribution is 0.00578. The maximum absolute atomic E-state index is 15.4. The Hall–Kier alpha value is -4.40. The van der Waals surface area contributed by atoms with Gasteiger partial charge in [0, 0.05) is 21.9 Å². The van der Waals surface area contributed by atoms with Crippen LogP contribution in [0.2, 0.25) is 0 Å². The summed E-state index contributed by atoms with van der Waals surface area (Å²) >= 11 is 0. The Morgan fingerprint density at radius 1 is 0.610 bits per heavy atom. The average Bonchev–Trinajstić information content (AvgIpc) is 3.45. The summed E-state index contributed by atoms with van der Waals surface area (Å²) in [5.41, 5.74) is 2.94. The molecule has 1 aliphatic heterocycles. The lowest BCUT2D eigenvalue weighted by Gasteiger charge is -2.32. The lowest BCUT2D eigenvalue weighted by atomic mass is 9.78. The Labute approximate surface area is 237 Å². The van der Waals surface area contributed by atoms with Crippen LogP contribution in [0, 0.1) is 5.82 Å².